The molecule has 148 valence electrons. The maximum absolute atomic E-state index is 12.4. The molecule has 5 N–H and O–H groups in total. The Morgan fingerprint density at radius 1 is 1.44 bits per heavy atom. The molecule has 0 aromatic heterocycles. The molecule has 1 saturated heterocycles. The van der Waals surface area contributed by atoms with Gasteiger partial charge in [-0.2, -0.15) is 5.26 Å². The minimum absolute atomic E-state index is 0.0756. The number of hydrogen-bond acceptors (Lipinski definition) is 7. The lowest BCUT2D eigenvalue weighted by atomic mass is 9.77. The minimum atomic E-state index is -1.21. The molecule has 2 rings (SSSR count). The van der Waals surface area contributed by atoms with Crippen LogP contribution in [-0.2, 0) is 14.4 Å². The zero-order valence-corrected chi connectivity index (χ0v) is 16.0. The highest BCUT2D eigenvalue weighted by molar-refractivity contribution is 8.03. The minimum Gasteiger partial charge on any atom is -0.477 e. The van der Waals surface area contributed by atoms with Crippen LogP contribution in [0.5, 0.6) is 0 Å². The summed E-state index contributed by atoms with van der Waals surface area (Å²) in [5.74, 6) is -2.54. The molecule has 2 aliphatic heterocycles. The molecule has 0 saturated carbocycles. The zero-order valence-electron chi connectivity index (χ0n) is 15.2. The molecule has 2 aliphatic rings. The number of hydrogen-bond donors (Lipinski definition) is 4. The number of carboxylic acid groups (broad SMARTS) is 1. The molecule has 9 nitrogen and oxygen atoms in total. The number of nitriles is 1. The first kappa shape index (κ1) is 21.2. The van der Waals surface area contributed by atoms with Crippen LogP contribution in [0.3, 0.4) is 0 Å². The number of carboxylic acids is 1. The van der Waals surface area contributed by atoms with E-state index in [0.29, 0.717) is 17.1 Å². The molecule has 0 bridgehead atoms. The second-order valence-electron chi connectivity index (χ2n) is 6.71. The SMILES string of the molecule is C[C@H](N)C(=O)NCC[C@H]1C(SCCC#N)=C(C(=O)O)N2C(=O)[C@H]([C@@H](C)O)C12. The number of fused-ring (bicyclic) bond motifs is 1. The Bertz CT molecular complexity index is 700. The lowest BCUT2D eigenvalue weighted by Crippen LogP contribution is -2.64. The monoisotopic (exact) mass is 396 g/mol. The van der Waals surface area contributed by atoms with Gasteiger partial charge in [0.25, 0.3) is 0 Å². The molecule has 5 atom stereocenters. The van der Waals surface area contributed by atoms with Crippen LogP contribution >= 0.6 is 11.8 Å². The highest BCUT2D eigenvalue weighted by atomic mass is 32.2. The summed E-state index contributed by atoms with van der Waals surface area (Å²) in [5.41, 5.74) is 5.45. The summed E-state index contributed by atoms with van der Waals surface area (Å²) in [5, 5.41) is 31.1. The van der Waals surface area contributed by atoms with E-state index < -0.39 is 36.0 Å². The summed E-state index contributed by atoms with van der Waals surface area (Å²) in [6.07, 6.45) is -0.256. The molecular formula is C17H24N4O5S. The van der Waals surface area contributed by atoms with Crippen molar-refractivity contribution in [1.82, 2.24) is 10.2 Å². The average Bonchev–Trinajstić information content (AvgIpc) is 2.85. The highest BCUT2D eigenvalue weighted by Crippen LogP contribution is 2.51. The van der Waals surface area contributed by atoms with E-state index in [-0.39, 0.29) is 30.5 Å². The van der Waals surface area contributed by atoms with Gasteiger partial charge in [0.05, 0.1) is 30.2 Å². The zero-order chi connectivity index (χ0) is 20.3. The predicted octanol–water partition coefficient (Wildman–Crippen LogP) is -0.379. The number of nitrogens with zero attached hydrogens (tertiary/aromatic N) is 2. The number of rotatable bonds is 9. The second-order valence-corrected chi connectivity index (χ2v) is 7.85. The first-order valence-corrected chi connectivity index (χ1v) is 9.72. The van der Waals surface area contributed by atoms with Crippen LogP contribution in [0.25, 0.3) is 0 Å². The first-order valence-electron chi connectivity index (χ1n) is 8.74. The Balaban J connectivity index is 2.26. The quantitative estimate of drug-likeness (QED) is 0.303. The van der Waals surface area contributed by atoms with E-state index in [4.69, 9.17) is 11.0 Å². The van der Waals surface area contributed by atoms with Gasteiger partial charge in [-0.25, -0.2) is 4.79 Å². The van der Waals surface area contributed by atoms with E-state index in [0.717, 1.165) is 0 Å². The average molecular weight is 396 g/mol. The summed E-state index contributed by atoms with van der Waals surface area (Å²) in [4.78, 5) is 37.7. The molecule has 0 radical (unpaired) electrons. The number of nitrogens with two attached hydrogens (primary N) is 1. The Labute approximate surface area is 161 Å². The fourth-order valence-electron chi connectivity index (χ4n) is 3.57. The van der Waals surface area contributed by atoms with Crippen LogP contribution in [0.1, 0.15) is 26.7 Å². The summed E-state index contributed by atoms with van der Waals surface area (Å²) in [6, 6.07) is 0.897. The predicted molar refractivity (Wildman–Crippen MR) is 97.9 cm³/mol. The standard InChI is InChI=1S/C17H24N4O5S/c1-8(19)15(23)20-6-4-10-12-11(9(2)22)16(24)21(12)13(17(25)26)14(10)27-7-3-5-18/h8-12,22H,3-4,6-7,19H2,1-2H3,(H,20,23)(H,25,26)/t8-,9+,10+,11+,12?/m0/s1. The lowest BCUT2D eigenvalue weighted by Gasteiger charge is -2.47. The van der Waals surface area contributed by atoms with Crippen molar-refractivity contribution in [2.75, 3.05) is 12.3 Å². The smallest absolute Gasteiger partial charge is 0.353 e. The van der Waals surface area contributed by atoms with Gasteiger partial charge in [-0.1, -0.05) is 0 Å². The molecule has 0 aromatic carbocycles. The van der Waals surface area contributed by atoms with Crippen LogP contribution in [0.4, 0.5) is 0 Å². The van der Waals surface area contributed by atoms with Gasteiger partial charge >= 0.3 is 5.97 Å². The van der Waals surface area contributed by atoms with Crippen LogP contribution in [0, 0.1) is 23.2 Å². The van der Waals surface area contributed by atoms with Crippen molar-refractivity contribution in [2.24, 2.45) is 17.6 Å². The second kappa shape index (κ2) is 8.73. The van der Waals surface area contributed by atoms with E-state index in [9.17, 15) is 24.6 Å². The van der Waals surface area contributed by atoms with Gasteiger partial charge in [-0.05, 0) is 20.3 Å². The van der Waals surface area contributed by atoms with Crippen molar-refractivity contribution < 1.29 is 24.6 Å². The molecule has 0 aliphatic carbocycles. The number of aliphatic hydroxyl groups is 1. The molecule has 0 spiro atoms. The number of carbonyl (C=O) groups excluding carboxylic acids is 2. The maximum Gasteiger partial charge on any atom is 0.353 e. The Morgan fingerprint density at radius 2 is 2.11 bits per heavy atom. The van der Waals surface area contributed by atoms with Crippen LogP contribution in [-0.4, -0.2) is 63.4 Å². The molecule has 1 unspecified atom stereocenters. The van der Waals surface area contributed by atoms with E-state index >= 15 is 0 Å². The number of carbonyl (C=O) groups is 3. The van der Waals surface area contributed by atoms with Crippen molar-refractivity contribution >= 4 is 29.5 Å². The summed E-state index contributed by atoms with van der Waals surface area (Å²) >= 11 is 1.24. The van der Waals surface area contributed by atoms with Gasteiger partial charge in [0, 0.05) is 29.5 Å². The third-order valence-electron chi connectivity index (χ3n) is 4.77. The van der Waals surface area contributed by atoms with E-state index in [1.165, 1.54) is 23.6 Å². The summed E-state index contributed by atoms with van der Waals surface area (Å²) in [6.45, 7) is 3.34. The Hall–Kier alpha value is -2.09. The maximum atomic E-state index is 12.4. The van der Waals surface area contributed by atoms with Gasteiger partial charge in [0.15, 0.2) is 0 Å². The van der Waals surface area contributed by atoms with E-state index in [1.54, 1.807) is 6.92 Å². The largest absolute Gasteiger partial charge is 0.477 e. The Kier molecular flexibility index (Phi) is 6.86. The number of aliphatic carboxylic acids is 1. The normalized spacial score (nSPS) is 26.1. The molecule has 0 aromatic rings. The first-order chi connectivity index (χ1) is 12.7. The molecular weight excluding hydrogens is 372 g/mol. The van der Waals surface area contributed by atoms with Crippen molar-refractivity contribution in [2.45, 2.75) is 44.9 Å². The fourth-order valence-corrected chi connectivity index (χ4v) is 4.77. The van der Waals surface area contributed by atoms with Gasteiger partial charge in [0.1, 0.15) is 5.70 Å². The molecule has 2 amide bonds. The number of thioether (sulfide) groups is 1. The lowest BCUT2D eigenvalue weighted by molar-refractivity contribution is -0.163. The van der Waals surface area contributed by atoms with E-state index in [2.05, 4.69) is 5.32 Å². The number of nitrogens with one attached hydrogen (secondary N) is 1. The highest BCUT2D eigenvalue weighted by Gasteiger charge is 2.60. The van der Waals surface area contributed by atoms with Crippen LogP contribution in [0.15, 0.2) is 10.6 Å². The number of aliphatic hydroxyl groups excluding tert-OH is 1. The van der Waals surface area contributed by atoms with Gasteiger partial charge < -0.3 is 26.2 Å². The fraction of sp³-hybridized carbons (Fsp3) is 0.647. The van der Waals surface area contributed by atoms with Gasteiger partial charge in [-0.15, -0.1) is 11.8 Å². The molecule has 2 heterocycles. The molecule has 1 fully saturated rings. The molecule has 27 heavy (non-hydrogen) atoms. The topological polar surface area (TPSA) is 157 Å². The summed E-state index contributed by atoms with van der Waals surface area (Å²) in [7, 11) is 0. The van der Waals surface area contributed by atoms with Crippen LogP contribution < -0.4 is 11.1 Å². The summed E-state index contributed by atoms with van der Waals surface area (Å²) < 4.78 is 0. The third-order valence-corrected chi connectivity index (χ3v) is 5.99. The van der Waals surface area contributed by atoms with Crippen molar-refractivity contribution in [3.05, 3.63) is 10.6 Å². The molecule has 10 heteroatoms. The third kappa shape index (κ3) is 4.10. The van der Waals surface area contributed by atoms with Gasteiger partial charge in [-0.3, -0.25) is 9.59 Å². The number of amides is 2. The van der Waals surface area contributed by atoms with Crippen LogP contribution in [0.2, 0.25) is 0 Å². The van der Waals surface area contributed by atoms with E-state index in [1.807, 2.05) is 6.07 Å². The number of β-lactam (4-membered cyclic amide) rings is 1. The Morgan fingerprint density at radius 3 is 2.63 bits per heavy atom. The van der Waals surface area contributed by atoms with Crippen molar-refractivity contribution in [3.8, 4) is 6.07 Å². The van der Waals surface area contributed by atoms with Crippen molar-refractivity contribution in [3.63, 3.8) is 0 Å². The van der Waals surface area contributed by atoms with Gasteiger partial charge in [0.2, 0.25) is 11.8 Å². The van der Waals surface area contributed by atoms with Crippen molar-refractivity contribution in [1.29, 1.82) is 5.26 Å².